The maximum absolute atomic E-state index is 12.3. The Morgan fingerprint density at radius 1 is 1.19 bits per heavy atom. The van der Waals surface area contributed by atoms with E-state index in [0.717, 1.165) is 0 Å². The minimum atomic E-state index is -4.20. The summed E-state index contributed by atoms with van der Waals surface area (Å²) < 4.78 is 36.8. The van der Waals surface area contributed by atoms with Gasteiger partial charge in [-0.05, 0) is 17.7 Å². The van der Waals surface area contributed by atoms with Crippen LogP contribution in [-0.2, 0) is 11.2 Å². The topological polar surface area (TPSA) is 43.8 Å². The number of nitrogens with zero attached hydrogens (tertiary/aromatic N) is 2. The van der Waals surface area contributed by atoms with E-state index in [-0.39, 0.29) is 31.2 Å². The summed E-state index contributed by atoms with van der Waals surface area (Å²) in [6, 6.07) is 6.42. The molecule has 4 nitrogen and oxygen atoms in total. The average molecular weight is 302 g/mol. The highest BCUT2D eigenvalue weighted by Gasteiger charge is 2.32. The summed E-state index contributed by atoms with van der Waals surface area (Å²) in [5.74, 6) is -0.0393. The molecular weight excluding hydrogens is 285 g/mol. The van der Waals surface area contributed by atoms with Crippen LogP contribution in [0.15, 0.2) is 24.3 Å². The van der Waals surface area contributed by atoms with E-state index in [0.29, 0.717) is 18.7 Å². The van der Waals surface area contributed by atoms with Gasteiger partial charge in [0.2, 0.25) is 5.91 Å². The SMILES string of the molecule is O=C(Cc1cccc(O)c1)N1CCN(CC(F)(F)F)CC1. The van der Waals surface area contributed by atoms with Crippen molar-refractivity contribution in [1.29, 1.82) is 0 Å². The first-order valence-corrected chi connectivity index (χ1v) is 6.68. The van der Waals surface area contributed by atoms with Crippen molar-refractivity contribution < 1.29 is 23.1 Å². The lowest BCUT2D eigenvalue weighted by Crippen LogP contribution is -2.51. The molecule has 1 heterocycles. The van der Waals surface area contributed by atoms with E-state index in [4.69, 9.17) is 0 Å². The fourth-order valence-corrected chi connectivity index (χ4v) is 2.36. The zero-order valence-corrected chi connectivity index (χ0v) is 11.4. The van der Waals surface area contributed by atoms with Crippen molar-refractivity contribution in [3.63, 3.8) is 0 Å². The van der Waals surface area contributed by atoms with Crippen LogP contribution >= 0.6 is 0 Å². The Morgan fingerprint density at radius 3 is 2.43 bits per heavy atom. The lowest BCUT2D eigenvalue weighted by molar-refractivity contribution is -0.151. The third kappa shape index (κ3) is 4.93. The number of hydrogen-bond acceptors (Lipinski definition) is 3. The highest BCUT2D eigenvalue weighted by atomic mass is 19.4. The molecule has 1 amide bonds. The number of benzene rings is 1. The molecule has 21 heavy (non-hydrogen) atoms. The Balaban J connectivity index is 1.83. The van der Waals surface area contributed by atoms with E-state index in [2.05, 4.69) is 0 Å². The zero-order valence-electron chi connectivity index (χ0n) is 11.4. The molecule has 0 aromatic heterocycles. The number of aromatic hydroxyl groups is 1. The Kier molecular flexibility index (Phi) is 4.72. The lowest BCUT2D eigenvalue weighted by Gasteiger charge is -2.35. The first kappa shape index (κ1) is 15.6. The van der Waals surface area contributed by atoms with Gasteiger partial charge in [-0.15, -0.1) is 0 Å². The van der Waals surface area contributed by atoms with Crippen molar-refractivity contribution in [2.24, 2.45) is 0 Å². The van der Waals surface area contributed by atoms with Gasteiger partial charge >= 0.3 is 6.18 Å². The number of halogens is 3. The highest BCUT2D eigenvalue weighted by Crippen LogP contribution is 2.18. The predicted molar refractivity (Wildman–Crippen MR) is 70.9 cm³/mol. The van der Waals surface area contributed by atoms with Crippen LogP contribution in [0.3, 0.4) is 0 Å². The maximum Gasteiger partial charge on any atom is 0.401 e. The van der Waals surface area contributed by atoms with Gasteiger partial charge in [0.1, 0.15) is 5.75 Å². The summed E-state index contributed by atoms with van der Waals surface area (Å²) in [6.45, 7) is 0.125. The van der Waals surface area contributed by atoms with Gasteiger partial charge in [-0.3, -0.25) is 9.69 Å². The monoisotopic (exact) mass is 302 g/mol. The van der Waals surface area contributed by atoms with E-state index in [1.165, 1.54) is 17.0 Å². The molecule has 0 atom stereocenters. The number of carbonyl (C=O) groups is 1. The number of hydrogen-bond donors (Lipinski definition) is 1. The Morgan fingerprint density at radius 2 is 1.86 bits per heavy atom. The second kappa shape index (κ2) is 6.34. The Labute approximate surface area is 120 Å². The number of rotatable bonds is 3. The quantitative estimate of drug-likeness (QED) is 0.923. The molecule has 1 saturated heterocycles. The fraction of sp³-hybridized carbons (Fsp3) is 0.500. The maximum atomic E-state index is 12.3. The number of carbonyl (C=O) groups excluding carboxylic acids is 1. The molecule has 0 saturated carbocycles. The number of phenols is 1. The molecule has 116 valence electrons. The third-order valence-electron chi connectivity index (χ3n) is 3.39. The summed E-state index contributed by atoms with van der Waals surface area (Å²) in [4.78, 5) is 14.9. The Bertz CT molecular complexity index is 497. The Hall–Kier alpha value is -1.76. The van der Waals surface area contributed by atoms with E-state index in [9.17, 15) is 23.1 Å². The minimum Gasteiger partial charge on any atom is -0.508 e. The first-order valence-electron chi connectivity index (χ1n) is 6.68. The summed E-state index contributed by atoms with van der Waals surface area (Å²) in [6.07, 6.45) is -4.05. The van der Waals surface area contributed by atoms with E-state index < -0.39 is 12.7 Å². The van der Waals surface area contributed by atoms with Crippen LogP contribution in [0.2, 0.25) is 0 Å². The molecule has 0 radical (unpaired) electrons. The van der Waals surface area contributed by atoms with Gasteiger partial charge in [0.15, 0.2) is 0 Å². The molecule has 1 aliphatic rings. The van der Waals surface area contributed by atoms with Crippen molar-refractivity contribution in [2.75, 3.05) is 32.7 Å². The lowest BCUT2D eigenvalue weighted by atomic mass is 10.1. The zero-order chi connectivity index (χ0) is 15.5. The fourth-order valence-electron chi connectivity index (χ4n) is 2.36. The molecular formula is C14H17F3N2O2. The van der Waals surface area contributed by atoms with Gasteiger partial charge in [-0.2, -0.15) is 13.2 Å². The first-order chi connectivity index (χ1) is 9.83. The van der Waals surface area contributed by atoms with Crippen molar-refractivity contribution in [3.05, 3.63) is 29.8 Å². The molecule has 1 aromatic carbocycles. The second-order valence-electron chi connectivity index (χ2n) is 5.12. The third-order valence-corrected chi connectivity index (χ3v) is 3.39. The van der Waals surface area contributed by atoms with Gasteiger partial charge in [-0.1, -0.05) is 12.1 Å². The second-order valence-corrected chi connectivity index (χ2v) is 5.12. The normalized spacial score (nSPS) is 17.0. The molecule has 0 spiro atoms. The van der Waals surface area contributed by atoms with Crippen molar-refractivity contribution in [3.8, 4) is 5.75 Å². The van der Waals surface area contributed by atoms with Gasteiger partial charge in [0.25, 0.3) is 0 Å². The molecule has 7 heteroatoms. The predicted octanol–water partition coefficient (Wildman–Crippen LogP) is 1.64. The van der Waals surface area contributed by atoms with Gasteiger partial charge in [0.05, 0.1) is 13.0 Å². The molecule has 0 aliphatic carbocycles. The van der Waals surface area contributed by atoms with Crippen LogP contribution in [0.5, 0.6) is 5.75 Å². The molecule has 2 rings (SSSR count). The number of piperazine rings is 1. The van der Waals surface area contributed by atoms with Crippen LogP contribution in [0.25, 0.3) is 0 Å². The number of phenolic OH excluding ortho intramolecular Hbond substituents is 1. The summed E-state index contributed by atoms with van der Waals surface area (Å²) in [5.41, 5.74) is 0.692. The minimum absolute atomic E-state index is 0.0929. The standard InChI is InChI=1S/C14H17F3N2O2/c15-14(16,17)10-18-4-6-19(7-5-18)13(21)9-11-2-1-3-12(20)8-11/h1-3,8,20H,4-7,9-10H2. The van der Waals surface area contributed by atoms with E-state index in [1.54, 1.807) is 17.0 Å². The molecule has 1 aromatic rings. The number of alkyl halides is 3. The van der Waals surface area contributed by atoms with Crippen LogP contribution < -0.4 is 0 Å². The van der Waals surface area contributed by atoms with Gasteiger partial charge in [-0.25, -0.2) is 0 Å². The van der Waals surface area contributed by atoms with E-state index in [1.807, 2.05) is 0 Å². The van der Waals surface area contributed by atoms with Crippen LogP contribution in [0, 0.1) is 0 Å². The van der Waals surface area contributed by atoms with Crippen molar-refractivity contribution in [1.82, 2.24) is 9.80 Å². The number of amides is 1. The molecule has 0 bridgehead atoms. The molecule has 1 aliphatic heterocycles. The smallest absolute Gasteiger partial charge is 0.401 e. The summed E-state index contributed by atoms with van der Waals surface area (Å²) in [5, 5.41) is 9.34. The molecule has 1 fully saturated rings. The largest absolute Gasteiger partial charge is 0.508 e. The van der Waals surface area contributed by atoms with E-state index >= 15 is 0 Å². The average Bonchev–Trinajstić information content (AvgIpc) is 2.37. The van der Waals surface area contributed by atoms with Crippen LogP contribution in [0.4, 0.5) is 13.2 Å². The summed E-state index contributed by atoms with van der Waals surface area (Å²) in [7, 11) is 0. The molecule has 1 N–H and O–H groups in total. The van der Waals surface area contributed by atoms with Gasteiger partial charge < -0.3 is 10.0 Å². The van der Waals surface area contributed by atoms with Crippen molar-refractivity contribution in [2.45, 2.75) is 12.6 Å². The van der Waals surface area contributed by atoms with Crippen LogP contribution in [0.1, 0.15) is 5.56 Å². The molecule has 0 unspecified atom stereocenters. The summed E-state index contributed by atoms with van der Waals surface area (Å²) >= 11 is 0. The van der Waals surface area contributed by atoms with Gasteiger partial charge in [0, 0.05) is 26.2 Å². The van der Waals surface area contributed by atoms with Crippen LogP contribution in [-0.4, -0.2) is 59.7 Å². The highest BCUT2D eigenvalue weighted by molar-refractivity contribution is 5.79. The van der Waals surface area contributed by atoms with Crippen molar-refractivity contribution >= 4 is 5.91 Å².